The number of imide groups is 1. The van der Waals surface area contributed by atoms with E-state index in [1.54, 1.807) is 6.92 Å². The van der Waals surface area contributed by atoms with Crippen molar-refractivity contribution in [3.8, 4) is 0 Å². The van der Waals surface area contributed by atoms with Gasteiger partial charge < -0.3 is 10.6 Å². The quantitative estimate of drug-likeness (QED) is 0.532. The lowest BCUT2D eigenvalue weighted by Crippen LogP contribution is -2.48. The molecule has 23 heavy (non-hydrogen) atoms. The van der Waals surface area contributed by atoms with Crippen molar-refractivity contribution in [1.29, 1.82) is 0 Å². The van der Waals surface area contributed by atoms with Gasteiger partial charge in [-0.2, -0.15) is 0 Å². The van der Waals surface area contributed by atoms with E-state index in [9.17, 15) is 14.4 Å². The average molecular weight is 325 g/mol. The molecule has 132 valence electrons. The predicted molar refractivity (Wildman–Crippen MR) is 89.9 cm³/mol. The SMILES string of the molecule is CCCCCCC[C@@]1(C)NC(=O)N(CC(=O)NC(C)(C)C)C1=O. The molecule has 1 aliphatic heterocycles. The molecule has 1 atom stereocenters. The summed E-state index contributed by atoms with van der Waals surface area (Å²) in [5.74, 6) is -0.629. The third-order valence-corrected chi connectivity index (χ3v) is 3.94. The van der Waals surface area contributed by atoms with Crippen molar-refractivity contribution in [2.75, 3.05) is 6.54 Å². The highest BCUT2D eigenvalue weighted by Crippen LogP contribution is 2.24. The minimum Gasteiger partial charge on any atom is -0.350 e. The highest BCUT2D eigenvalue weighted by Gasteiger charge is 2.47. The Hall–Kier alpha value is -1.59. The first-order chi connectivity index (χ1) is 10.6. The van der Waals surface area contributed by atoms with Gasteiger partial charge in [0.05, 0.1) is 0 Å². The molecule has 1 fully saturated rings. The largest absolute Gasteiger partial charge is 0.350 e. The zero-order valence-electron chi connectivity index (χ0n) is 15.1. The van der Waals surface area contributed by atoms with Gasteiger partial charge in [0, 0.05) is 5.54 Å². The molecule has 2 N–H and O–H groups in total. The Balaban J connectivity index is 2.56. The number of rotatable bonds is 8. The summed E-state index contributed by atoms with van der Waals surface area (Å²) < 4.78 is 0. The maximum absolute atomic E-state index is 12.5. The highest BCUT2D eigenvalue weighted by molar-refractivity contribution is 6.08. The second kappa shape index (κ2) is 7.79. The van der Waals surface area contributed by atoms with Crippen LogP contribution in [0.3, 0.4) is 0 Å². The van der Waals surface area contributed by atoms with E-state index in [4.69, 9.17) is 0 Å². The number of amides is 4. The van der Waals surface area contributed by atoms with Gasteiger partial charge in [0.15, 0.2) is 0 Å². The zero-order chi connectivity index (χ0) is 17.7. The van der Waals surface area contributed by atoms with Crippen LogP contribution in [0.5, 0.6) is 0 Å². The summed E-state index contributed by atoms with van der Waals surface area (Å²) in [5.41, 5.74) is -1.27. The molecule has 1 aliphatic rings. The van der Waals surface area contributed by atoms with Crippen LogP contribution in [0.15, 0.2) is 0 Å². The third-order valence-electron chi connectivity index (χ3n) is 3.94. The molecule has 0 aromatic carbocycles. The summed E-state index contributed by atoms with van der Waals surface area (Å²) in [4.78, 5) is 37.6. The summed E-state index contributed by atoms with van der Waals surface area (Å²) >= 11 is 0. The van der Waals surface area contributed by atoms with Crippen LogP contribution < -0.4 is 10.6 Å². The lowest BCUT2D eigenvalue weighted by molar-refractivity contribution is -0.135. The van der Waals surface area contributed by atoms with Crippen LogP contribution in [0.2, 0.25) is 0 Å². The number of hydrogen-bond donors (Lipinski definition) is 2. The van der Waals surface area contributed by atoms with E-state index < -0.39 is 11.6 Å². The first-order valence-electron chi connectivity index (χ1n) is 8.54. The van der Waals surface area contributed by atoms with Gasteiger partial charge in [0.1, 0.15) is 12.1 Å². The predicted octanol–water partition coefficient (Wildman–Crippen LogP) is 2.57. The fourth-order valence-corrected chi connectivity index (χ4v) is 2.74. The van der Waals surface area contributed by atoms with Crippen LogP contribution in [0, 0.1) is 0 Å². The minimum absolute atomic E-state index is 0.229. The van der Waals surface area contributed by atoms with Gasteiger partial charge in [-0.25, -0.2) is 4.79 Å². The molecule has 0 aromatic heterocycles. The number of nitrogens with zero attached hydrogens (tertiary/aromatic N) is 1. The Morgan fingerprint density at radius 3 is 2.35 bits per heavy atom. The maximum Gasteiger partial charge on any atom is 0.325 e. The van der Waals surface area contributed by atoms with Crippen molar-refractivity contribution >= 4 is 17.8 Å². The monoisotopic (exact) mass is 325 g/mol. The smallest absolute Gasteiger partial charge is 0.325 e. The normalized spacial score (nSPS) is 21.5. The lowest BCUT2D eigenvalue weighted by Gasteiger charge is -2.23. The van der Waals surface area contributed by atoms with E-state index >= 15 is 0 Å². The van der Waals surface area contributed by atoms with Gasteiger partial charge >= 0.3 is 6.03 Å². The van der Waals surface area contributed by atoms with Crippen molar-refractivity contribution < 1.29 is 14.4 Å². The number of carbonyl (C=O) groups is 3. The molecule has 0 aliphatic carbocycles. The molecule has 0 aromatic rings. The Morgan fingerprint density at radius 2 is 1.78 bits per heavy atom. The van der Waals surface area contributed by atoms with Crippen LogP contribution in [-0.2, 0) is 9.59 Å². The first-order valence-corrected chi connectivity index (χ1v) is 8.54. The summed E-state index contributed by atoms with van der Waals surface area (Å²) in [7, 11) is 0. The molecular formula is C17H31N3O3. The van der Waals surface area contributed by atoms with E-state index in [0.29, 0.717) is 6.42 Å². The Kier molecular flexibility index (Phi) is 6.59. The molecule has 0 radical (unpaired) electrons. The Labute approximate surface area is 139 Å². The lowest BCUT2D eigenvalue weighted by atomic mass is 9.94. The topological polar surface area (TPSA) is 78.5 Å². The molecule has 6 nitrogen and oxygen atoms in total. The second-order valence-corrected chi connectivity index (χ2v) is 7.62. The molecule has 4 amide bonds. The fraction of sp³-hybridized carbons (Fsp3) is 0.824. The van der Waals surface area contributed by atoms with Gasteiger partial charge in [-0.05, 0) is 34.1 Å². The molecule has 6 heteroatoms. The van der Waals surface area contributed by atoms with Crippen molar-refractivity contribution in [2.24, 2.45) is 0 Å². The molecular weight excluding hydrogens is 294 g/mol. The standard InChI is InChI=1S/C17H31N3O3/c1-6-7-8-9-10-11-17(5)14(22)20(15(23)19-17)12-13(21)18-16(2,3)4/h6-12H2,1-5H3,(H,18,21)(H,19,23)/t17-/m1/s1. The average Bonchev–Trinajstić information content (AvgIpc) is 2.60. The molecule has 0 spiro atoms. The van der Waals surface area contributed by atoms with Gasteiger partial charge in [-0.3, -0.25) is 14.5 Å². The van der Waals surface area contributed by atoms with Crippen LogP contribution in [0.4, 0.5) is 4.79 Å². The van der Waals surface area contributed by atoms with E-state index in [0.717, 1.165) is 24.2 Å². The maximum atomic E-state index is 12.5. The van der Waals surface area contributed by atoms with Gasteiger partial charge in [-0.15, -0.1) is 0 Å². The van der Waals surface area contributed by atoms with Gasteiger partial charge in [0.25, 0.3) is 5.91 Å². The third kappa shape index (κ3) is 5.84. The van der Waals surface area contributed by atoms with Crippen LogP contribution in [-0.4, -0.2) is 40.4 Å². The van der Waals surface area contributed by atoms with Crippen LogP contribution >= 0.6 is 0 Å². The number of nitrogens with one attached hydrogen (secondary N) is 2. The number of unbranched alkanes of at least 4 members (excludes halogenated alkanes) is 4. The Bertz CT molecular complexity index is 456. The minimum atomic E-state index is -0.884. The van der Waals surface area contributed by atoms with Crippen molar-refractivity contribution in [3.05, 3.63) is 0 Å². The molecule has 0 unspecified atom stereocenters. The van der Waals surface area contributed by atoms with E-state index in [1.165, 1.54) is 12.8 Å². The number of urea groups is 1. The molecule has 1 saturated heterocycles. The fourth-order valence-electron chi connectivity index (χ4n) is 2.74. The van der Waals surface area contributed by atoms with E-state index in [1.807, 2.05) is 20.8 Å². The molecule has 1 heterocycles. The molecule has 1 rings (SSSR count). The van der Waals surface area contributed by atoms with Gasteiger partial charge in [-0.1, -0.05) is 39.0 Å². The van der Waals surface area contributed by atoms with E-state index in [-0.39, 0.29) is 23.9 Å². The van der Waals surface area contributed by atoms with Crippen molar-refractivity contribution in [3.63, 3.8) is 0 Å². The summed E-state index contributed by atoms with van der Waals surface area (Å²) in [5, 5.41) is 5.51. The number of carbonyl (C=O) groups excluding carboxylic acids is 3. The summed E-state index contributed by atoms with van der Waals surface area (Å²) in [6, 6.07) is -0.477. The number of hydrogen-bond acceptors (Lipinski definition) is 3. The Morgan fingerprint density at radius 1 is 1.17 bits per heavy atom. The van der Waals surface area contributed by atoms with Crippen LogP contribution in [0.1, 0.15) is 73.1 Å². The summed E-state index contributed by atoms with van der Waals surface area (Å²) in [6.07, 6.45) is 6.06. The molecule has 0 bridgehead atoms. The van der Waals surface area contributed by atoms with Crippen molar-refractivity contribution in [1.82, 2.24) is 15.5 Å². The zero-order valence-corrected chi connectivity index (χ0v) is 15.1. The molecule has 0 saturated carbocycles. The summed E-state index contributed by atoms with van der Waals surface area (Å²) in [6.45, 7) is 9.25. The van der Waals surface area contributed by atoms with Crippen LogP contribution in [0.25, 0.3) is 0 Å². The highest BCUT2D eigenvalue weighted by atomic mass is 16.2. The second-order valence-electron chi connectivity index (χ2n) is 7.62. The first kappa shape index (κ1) is 19.5. The van der Waals surface area contributed by atoms with Gasteiger partial charge in [0.2, 0.25) is 5.91 Å². The van der Waals surface area contributed by atoms with E-state index in [2.05, 4.69) is 17.6 Å². The van der Waals surface area contributed by atoms with Crippen molar-refractivity contribution in [2.45, 2.75) is 84.2 Å².